The monoisotopic (exact) mass is 527 g/mol. The highest BCUT2D eigenvalue weighted by molar-refractivity contribution is 6.04. The molecule has 6 aromatic carbocycles. The topological polar surface area (TPSA) is 3.24 Å². The third-order valence-corrected chi connectivity index (χ3v) is 7.44. The summed E-state index contributed by atoms with van der Waals surface area (Å²) >= 11 is 0. The van der Waals surface area contributed by atoms with E-state index in [4.69, 9.17) is 0 Å². The molecule has 1 heteroatoms. The number of hydrogen-bond acceptors (Lipinski definition) is 1. The lowest BCUT2D eigenvalue weighted by atomic mass is 9.86. The number of nitrogens with zero attached hydrogens (tertiary/aromatic N) is 1. The van der Waals surface area contributed by atoms with Gasteiger partial charge in [0, 0.05) is 17.1 Å². The summed E-state index contributed by atoms with van der Waals surface area (Å²) in [4.78, 5) is 2.32. The summed E-state index contributed by atoms with van der Waals surface area (Å²) in [6, 6.07) is 58.7. The molecule has 0 saturated heterocycles. The number of aryl methyl sites for hydroxylation is 2. The van der Waals surface area contributed by atoms with Crippen molar-refractivity contribution >= 4 is 28.2 Å². The molecule has 0 amide bonds. The van der Waals surface area contributed by atoms with Crippen LogP contribution in [0, 0.1) is 13.8 Å². The molecule has 0 atom stereocenters. The van der Waals surface area contributed by atoms with Crippen LogP contribution in [0.3, 0.4) is 0 Å². The summed E-state index contributed by atoms with van der Waals surface area (Å²) in [5.74, 6) is 0. The first kappa shape index (κ1) is 26.1. The normalized spacial score (nSPS) is 10.7. The van der Waals surface area contributed by atoms with E-state index in [1.807, 2.05) is 0 Å². The third-order valence-electron chi connectivity index (χ3n) is 7.44. The van der Waals surface area contributed by atoms with E-state index >= 15 is 0 Å². The fraction of sp³-hybridized carbons (Fsp3) is 0.0500. The molecule has 198 valence electrons. The molecule has 0 aliphatic rings. The predicted octanol–water partition coefficient (Wildman–Crippen LogP) is 10.8. The first-order valence-electron chi connectivity index (χ1n) is 14.1. The fourth-order valence-corrected chi connectivity index (χ4v) is 5.34. The van der Waals surface area contributed by atoms with Crippen LogP contribution >= 0.6 is 0 Å². The molecule has 0 aliphatic carbocycles. The van der Waals surface area contributed by atoms with Gasteiger partial charge in [0.05, 0.1) is 0 Å². The SMILES string of the molecule is Cc1ccc(N(c2ccc(C)cc2)c2ccc(C(=C(c3ccccc3)c3ccccc3)c3ccccc3)cc2)cc1. The summed E-state index contributed by atoms with van der Waals surface area (Å²) in [7, 11) is 0. The van der Waals surface area contributed by atoms with Gasteiger partial charge in [-0.1, -0.05) is 139 Å². The Bertz CT molecular complexity index is 1650. The molecule has 0 unspecified atom stereocenters. The highest BCUT2D eigenvalue weighted by atomic mass is 15.1. The van der Waals surface area contributed by atoms with E-state index in [1.165, 1.54) is 44.5 Å². The molecule has 0 saturated carbocycles. The van der Waals surface area contributed by atoms with Crippen molar-refractivity contribution in [2.24, 2.45) is 0 Å². The summed E-state index contributed by atoms with van der Waals surface area (Å²) < 4.78 is 0. The van der Waals surface area contributed by atoms with Crippen LogP contribution in [0.25, 0.3) is 11.1 Å². The van der Waals surface area contributed by atoms with Gasteiger partial charge < -0.3 is 4.90 Å². The van der Waals surface area contributed by atoms with Gasteiger partial charge in [-0.15, -0.1) is 0 Å². The second-order valence-corrected chi connectivity index (χ2v) is 10.4. The highest BCUT2D eigenvalue weighted by Crippen LogP contribution is 2.39. The fourth-order valence-electron chi connectivity index (χ4n) is 5.34. The average Bonchev–Trinajstić information content (AvgIpc) is 3.03. The predicted molar refractivity (Wildman–Crippen MR) is 175 cm³/mol. The molecular formula is C40H33N. The van der Waals surface area contributed by atoms with Gasteiger partial charge in [-0.25, -0.2) is 0 Å². The average molecular weight is 528 g/mol. The van der Waals surface area contributed by atoms with Crippen LogP contribution < -0.4 is 4.90 Å². The van der Waals surface area contributed by atoms with Crippen LogP contribution in [-0.4, -0.2) is 0 Å². The minimum Gasteiger partial charge on any atom is -0.311 e. The van der Waals surface area contributed by atoms with Crippen molar-refractivity contribution in [2.45, 2.75) is 13.8 Å². The van der Waals surface area contributed by atoms with Crippen LogP contribution in [0.4, 0.5) is 17.1 Å². The maximum Gasteiger partial charge on any atom is 0.0462 e. The van der Waals surface area contributed by atoms with Crippen molar-refractivity contribution in [1.29, 1.82) is 0 Å². The maximum atomic E-state index is 2.32. The highest BCUT2D eigenvalue weighted by Gasteiger charge is 2.17. The van der Waals surface area contributed by atoms with Crippen molar-refractivity contribution in [3.05, 3.63) is 197 Å². The Balaban J connectivity index is 1.54. The van der Waals surface area contributed by atoms with Gasteiger partial charge in [-0.05, 0) is 83.6 Å². The summed E-state index contributed by atoms with van der Waals surface area (Å²) in [6.07, 6.45) is 0. The van der Waals surface area contributed by atoms with Gasteiger partial charge in [0.15, 0.2) is 0 Å². The van der Waals surface area contributed by atoms with E-state index in [1.54, 1.807) is 0 Å². The van der Waals surface area contributed by atoms with Crippen molar-refractivity contribution < 1.29 is 0 Å². The van der Waals surface area contributed by atoms with E-state index < -0.39 is 0 Å². The molecule has 1 nitrogen and oxygen atoms in total. The Morgan fingerprint density at radius 1 is 0.317 bits per heavy atom. The van der Waals surface area contributed by atoms with Gasteiger partial charge in [0.1, 0.15) is 0 Å². The molecule has 0 bridgehead atoms. The molecule has 41 heavy (non-hydrogen) atoms. The number of hydrogen-bond donors (Lipinski definition) is 0. The lowest BCUT2D eigenvalue weighted by Crippen LogP contribution is -2.10. The third kappa shape index (κ3) is 5.76. The molecule has 0 radical (unpaired) electrons. The molecule has 0 fully saturated rings. The molecule has 6 aromatic rings. The number of rotatable bonds is 7. The van der Waals surface area contributed by atoms with Crippen molar-refractivity contribution in [3.8, 4) is 0 Å². The standard InChI is InChI=1S/C40H33N/c1-30-18-24-36(25-19-30)41(37-26-20-31(2)21-27-37)38-28-22-35(23-29-38)40(34-16-10-5-11-17-34)39(32-12-6-3-7-13-32)33-14-8-4-9-15-33/h3-29H,1-2H3. The molecular weight excluding hydrogens is 494 g/mol. The van der Waals surface area contributed by atoms with E-state index in [-0.39, 0.29) is 0 Å². The molecule has 0 aromatic heterocycles. The van der Waals surface area contributed by atoms with Gasteiger partial charge in [-0.2, -0.15) is 0 Å². The largest absolute Gasteiger partial charge is 0.311 e. The Hall–Kier alpha value is -5.14. The Labute approximate surface area is 243 Å². The minimum absolute atomic E-state index is 1.12. The summed E-state index contributed by atoms with van der Waals surface area (Å²) in [5.41, 5.74) is 13.1. The quantitative estimate of drug-likeness (QED) is 0.187. The summed E-state index contributed by atoms with van der Waals surface area (Å²) in [6.45, 7) is 4.26. The van der Waals surface area contributed by atoms with Gasteiger partial charge >= 0.3 is 0 Å². The van der Waals surface area contributed by atoms with Crippen LogP contribution in [0.1, 0.15) is 33.4 Å². The lowest BCUT2D eigenvalue weighted by Gasteiger charge is -2.26. The zero-order valence-electron chi connectivity index (χ0n) is 23.5. The zero-order chi connectivity index (χ0) is 28.0. The van der Waals surface area contributed by atoms with E-state index in [0.717, 1.165) is 17.1 Å². The first-order chi connectivity index (χ1) is 20.2. The Morgan fingerprint density at radius 3 is 0.902 bits per heavy atom. The number of benzene rings is 6. The zero-order valence-corrected chi connectivity index (χ0v) is 23.5. The molecule has 6 rings (SSSR count). The van der Waals surface area contributed by atoms with E-state index in [0.29, 0.717) is 0 Å². The van der Waals surface area contributed by atoms with Crippen LogP contribution in [0.15, 0.2) is 164 Å². The van der Waals surface area contributed by atoms with Gasteiger partial charge in [0.2, 0.25) is 0 Å². The molecule has 0 aliphatic heterocycles. The van der Waals surface area contributed by atoms with Crippen LogP contribution in [0.5, 0.6) is 0 Å². The van der Waals surface area contributed by atoms with Gasteiger partial charge in [0.25, 0.3) is 0 Å². The van der Waals surface area contributed by atoms with Crippen LogP contribution in [-0.2, 0) is 0 Å². The Morgan fingerprint density at radius 2 is 0.585 bits per heavy atom. The molecule has 0 spiro atoms. The smallest absolute Gasteiger partial charge is 0.0462 e. The van der Waals surface area contributed by atoms with E-state index in [2.05, 4.69) is 183 Å². The van der Waals surface area contributed by atoms with Crippen molar-refractivity contribution in [2.75, 3.05) is 4.90 Å². The molecule has 0 heterocycles. The number of anilines is 3. The maximum absolute atomic E-state index is 2.32. The van der Waals surface area contributed by atoms with E-state index in [9.17, 15) is 0 Å². The first-order valence-corrected chi connectivity index (χ1v) is 14.1. The van der Waals surface area contributed by atoms with Crippen molar-refractivity contribution in [3.63, 3.8) is 0 Å². The Kier molecular flexibility index (Phi) is 7.60. The van der Waals surface area contributed by atoms with Crippen LogP contribution in [0.2, 0.25) is 0 Å². The second-order valence-electron chi connectivity index (χ2n) is 10.4. The molecule has 0 N–H and O–H groups in total. The summed E-state index contributed by atoms with van der Waals surface area (Å²) in [5, 5.41) is 0. The lowest BCUT2D eigenvalue weighted by molar-refractivity contribution is 1.27. The second kappa shape index (κ2) is 11.9. The van der Waals surface area contributed by atoms with Gasteiger partial charge in [-0.3, -0.25) is 0 Å². The van der Waals surface area contributed by atoms with Crippen molar-refractivity contribution in [1.82, 2.24) is 0 Å². The minimum atomic E-state index is 1.12.